The molecule has 0 saturated carbocycles. The Hall–Kier alpha value is -2.36. The van der Waals surface area contributed by atoms with Crippen molar-refractivity contribution in [3.05, 3.63) is 65.5 Å². The number of amides is 1. The zero-order chi connectivity index (χ0) is 15.8. The molecule has 0 unspecified atom stereocenters. The summed E-state index contributed by atoms with van der Waals surface area (Å²) in [6.45, 7) is 3.15. The molecule has 1 amide bonds. The minimum Gasteiger partial charge on any atom is -0.494 e. The van der Waals surface area contributed by atoms with E-state index in [4.69, 9.17) is 4.74 Å². The van der Waals surface area contributed by atoms with Gasteiger partial charge < -0.3 is 10.1 Å². The second-order valence-electron chi connectivity index (χ2n) is 4.98. The summed E-state index contributed by atoms with van der Waals surface area (Å²) in [5, 5.41) is 2.85. The first kappa shape index (κ1) is 16.0. The number of rotatable bonds is 7. The third-order valence-corrected chi connectivity index (χ3v) is 3.22. The summed E-state index contributed by atoms with van der Waals surface area (Å²) in [6.07, 6.45) is 0.947. The predicted molar refractivity (Wildman–Crippen MR) is 84.4 cm³/mol. The van der Waals surface area contributed by atoms with Gasteiger partial charge in [-0.15, -0.1) is 0 Å². The smallest absolute Gasteiger partial charge is 0.224 e. The van der Waals surface area contributed by atoms with Gasteiger partial charge in [0.25, 0.3) is 0 Å². The lowest BCUT2D eigenvalue weighted by atomic mass is 10.1. The van der Waals surface area contributed by atoms with Crippen LogP contribution in [0.5, 0.6) is 5.75 Å². The van der Waals surface area contributed by atoms with Crippen molar-refractivity contribution in [2.75, 3.05) is 13.2 Å². The molecule has 0 aliphatic carbocycles. The highest BCUT2D eigenvalue weighted by Gasteiger charge is 2.04. The average molecular weight is 301 g/mol. The minimum absolute atomic E-state index is 0.100. The number of halogens is 1. The normalized spacial score (nSPS) is 10.3. The minimum atomic E-state index is -0.320. The highest BCUT2D eigenvalue weighted by Crippen LogP contribution is 2.12. The first-order valence-electron chi connectivity index (χ1n) is 7.40. The molecule has 22 heavy (non-hydrogen) atoms. The van der Waals surface area contributed by atoms with Gasteiger partial charge in [-0.05, 0) is 48.7 Å². The maximum atomic E-state index is 13.0. The Morgan fingerprint density at radius 2 is 1.91 bits per heavy atom. The number of hydrogen-bond acceptors (Lipinski definition) is 2. The number of carbonyl (C=O) groups is 1. The van der Waals surface area contributed by atoms with Crippen molar-refractivity contribution in [3.8, 4) is 5.75 Å². The SMILES string of the molecule is CCOc1ccc(CCNC(=O)Cc2cccc(F)c2)cc1. The molecule has 0 atom stereocenters. The quantitative estimate of drug-likeness (QED) is 0.853. The Balaban J connectivity index is 1.74. The number of nitrogens with one attached hydrogen (secondary N) is 1. The summed E-state index contributed by atoms with van der Waals surface area (Å²) in [5.41, 5.74) is 1.81. The number of carbonyl (C=O) groups excluding carboxylic acids is 1. The molecule has 0 heterocycles. The second kappa shape index (κ2) is 8.17. The van der Waals surface area contributed by atoms with Gasteiger partial charge >= 0.3 is 0 Å². The number of ether oxygens (including phenoxy) is 1. The second-order valence-corrected chi connectivity index (χ2v) is 4.98. The summed E-state index contributed by atoms with van der Waals surface area (Å²) in [6, 6.07) is 13.9. The molecule has 2 aromatic rings. The Kier molecular flexibility index (Phi) is 5.95. The van der Waals surface area contributed by atoms with Gasteiger partial charge in [0.05, 0.1) is 13.0 Å². The number of hydrogen-bond donors (Lipinski definition) is 1. The standard InChI is InChI=1S/C18H20FNO2/c1-2-22-17-8-6-14(7-9-17)10-11-20-18(21)13-15-4-3-5-16(19)12-15/h3-9,12H,2,10-11,13H2,1H3,(H,20,21). The molecule has 0 aliphatic rings. The fourth-order valence-corrected chi connectivity index (χ4v) is 2.16. The van der Waals surface area contributed by atoms with Crippen LogP contribution in [-0.2, 0) is 17.6 Å². The molecule has 4 heteroatoms. The van der Waals surface area contributed by atoms with Crippen molar-refractivity contribution in [2.24, 2.45) is 0 Å². The monoisotopic (exact) mass is 301 g/mol. The van der Waals surface area contributed by atoms with E-state index in [1.54, 1.807) is 12.1 Å². The van der Waals surface area contributed by atoms with Gasteiger partial charge in [-0.25, -0.2) is 4.39 Å². The van der Waals surface area contributed by atoms with E-state index >= 15 is 0 Å². The van der Waals surface area contributed by atoms with Crippen LogP contribution in [0.25, 0.3) is 0 Å². The molecule has 116 valence electrons. The summed E-state index contributed by atoms with van der Waals surface area (Å²) in [7, 11) is 0. The fraction of sp³-hybridized carbons (Fsp3) is 0.278. The van der Waals surface area contributed by atoms with Crippen LogP contribution in [0.1, 0.15) is 18.1 Å². The van der Waals surface area contributed by atoms with Crippen LogP contribution in [0.2, 0.25) is 0 Å². The van der Waals surface area contributed by atoms with E-state index in [0.717, 1.165) is 17.7 Å². The lowest BCUT2D eigenvalue weighted by Crippen LogP contribution is -2.27. The van der Waals surface area contributed by atoms with Crippen LogP contribution >= 0.6 is 0 Å². The molecule has 0 spiro atoms. The first-order valence-corrected chi connectivity index (χ1v) is 7.40. The summed E-state index contributed by atoms with van der Waals surface area (Å²) in [5.74, 6) is 0.428. The summed E-state index contributed by atoms with van der Waals surface area (Å²) >= 11 is 0. The van der Waals surface area contributed by atoms with Crippen LogP contribution in [0.4, 0.5) is 4.39 Å². The van der Waals surface area contributed by atoms with Crippen molar-refractivity contribution in [1.29, 1.82) is 0 Å². The summed E-state index contributed by atoms with van der Waals surface area (Å²) in [4.78, 5) is 11.8. The van der Waals surface area contributed by atoms with Crippen molar-refractivity contribution >= 4 is 5.91 Å². The van der Waals surface area contributed by atoms with Gasteiger partial charge in [-0.3, -0.25) is 4.79 Å². The van der Waals surface area contributed by atoms with Crippen molar-refractivity contribution in [2.45, 2.75) is 19.8 Å². The molecule has 0 saturated heterocycles. The molecule has 1 N–H and O–H groups in total. The van der Waals surface area contributed by atoms with Gasteiger partial charge in [0.15, 0.2) is 0 Å². The zero-order valence-electron chi connectivity index (χ0n) is 12.6. The highest BCUT2D eigenvalue weighted by molar-refractivity contribution is 5.78. The molecular formula is C18H20FNO2. The van der Waals surface area contributed by atoms with Crippen LogP contribution in [-0.4, -0.2) is 19.1 Å². The Bertz CT molecular complexity index is 611. The molecule has 0 fully saturated rings. The highest BCUT2D eigenvalue weighted by atomic mass is 19.1. The van der Waals surface area contributed by atoms with Gasteiger partial charge in [0.1, 0.15) is 11.6 Å². The third kappa shape index (κ3) is 5.20. The van der Waals surface area contributed by atoms with Crippen molar-refractivity contribution in [1.82, 2.24) is 5.32 Å². The molecule has 2 rings (SSSR count). The number of benzene rings is 2. The van der Waals surface area contributed by atoms with E-state index in [2.05, 4.69) is 5.32 Å². The molecule has 0 bridgehead atoms. The fourth-order valence-electron chi connectivity index (χ4n) is 2.16. The Morgan fingerprint density at radius 3 is 2.59 bits per heavy atom. The maximum absolute atomic E-state index is 13.0. The molecule has 0 radical (unpaired) electrons. The predicted octanol–water partition coefficient (Wildman–Crippen LogP) is 3.13. The van der Waals surface area contributed by atoms with E-state index in [0.29, 0.717) is 18.7 Å². The Morgan fingerprint density at radius 1 is 1.14 bits per heavy atom. The van der Waals surface area contributed by atoms with E-state index in [-0.39, 0.29) is 18.1 Å². The van der Waals surface area contributed by atoms with Crippen LogP contribution < -0.4 is 10.1 Å². The van der Waals surface area contributed by atoms with Gasteiger partial charge in [0, 0.05) is 6.54 Å². The van der Waals surface area contributed by atoms with Crippen LogP contribution in [0.15, 0.2) is 48.5 Å². The van der Waals surface area contributed by atoms with Crippen LogP contribution in [0.3, 0.4) is 0 Å². The maximum Gasteiger partial charge on any atom is 0.224 e. The lowest BCUT2D eigenvalue weighted by molar-refractivity contribution is -0.120. The average Bonchev–Trinajstić information content (AvgIpc) is 2.49. The molecule has 0 aliphatic heterocycles. The van der Waals surface area contributed by atoms with Gasteiger partial charge in [0.2, 0.25) is 5.91 Å². The van der Waals surface area contributed by atoms with E-state index in [1.807, 2.05) is 31.2 Å². The van der Waals surface area contributed by atoms with E-state index in [9.17, 15) is 9.18 Å². The Labute approximate surface area is 130 Å². The molecule has 2 aromatic carbocycles. The topological polar surface area (TPSA) is 38.3 Å². The first-order chi connectivity index (χ1) is 10.7. The molecule has 0 aromatic heterocycles. The van der Waals surface area contributed by atoms with Crippen LogP contribution in [0, 0.1) is 5.82 Å². The van der Waals surface area contributed by atoms with Crippen molar-refractivity contribution in [3.63, 3.8) is 0 Å². The van der Waals surface area contributed by atoms with E-state index in [1.165, 1.54) is 12.1 Å². The molecule has 3 nitrogen and oxygen atoms in total. The summed E-state index contributed by atoms with van der Waals surface area (Å²) < 4.78 is 18.4. The zero-order valence-corrected chi connectivity index (χ0v) is 12.6. The largest absolute Gasteiger partial charge is 0.494 e. The van der Waals surface area contributed by atoms with Crippen molar-refractivity contribution < 1.29 is 13.9 Å². The molecular weight excluding hydrogens is 281 g/mol. The van der Waals surface area contributed by atoms with Gasteiger partial charge in [-0.2, -0.15) is 0 Å². The van der Waals surface area contributed by atoms with Gasteiger partial charge in [-0.1, -0.05) is 24.3 Å². The van der Waals surface area contributed by atoms with E-state index < -0.39 is 0 Å². The third-order valence-electron chi connectivity index (χ3n) is 3.22. The lowest BCUT2D eigenvalue weighted by Gasteiger charge is -2.07.